The summed E-state index contributed by atoms with van der Waals surface area (Å²) in [5, 5.41) is 1.24. The van der Waals surface area contributed by atoms with E-state index in [4.69, 9.17) is 10.5 Å². The van der Waals surface area contributed by atoms with Crippen molar-refractivity contribution in [2.45, 2.75) is 6.92 Å². The highest BCUT2D eigenvalue weighted by molar-refractivity contribution is 5.85. The van der Waals surface area contributed by atoms with Gasteiger partial charge in [0, 0.05) is 30.7 Å². The molecule has 0 bridgehead atoms. The lowest BCUT2D eigenvalue weighted by Gasteiger charge is -2.04. The molecule has 2 N–H and O–H groups in total. The number of aromatic nitrogens is 1. The van der Waals surface area contributed by atoms with Crippen molar-refractivity contribution in [1.82, 2.24) is 4.57 Å². The molecule has 0 saturated heterocycles. The second kappa shape index (κ2) is 3.95. The van der Waals surface area contributed by atoms with Crippen LogP contribution in [-0.2, 0) is 7.05 Å². The Bertz CT molecular complexity index is 474. The number of nitrogens with zero attached hydrogens (tertiary/aromatic N) is 1. The minimum absolute atomic E-state index is 0.547. The van der Waals surface area contributed by atoms with Gasteiger partial charge >= 0.3 is 0 Å². The van der Waals surface area contributed by atoms with Crippen LogP contribution >= 0.6 is 0 Å². The third kappa shape index (κ3) is 1.83. The predicted octanol–water partition coefficient (Wildman–Crippen LogP) is 1.82. The molecule has 0 aliphatic carbocycles. The zero-order chi connectivity index (χ0) is 10.8. The fourth-order valence-corrected chi connectivity index (χ4v) is 1.83. The lowest BCUT2D eigenvalue weighted by molar-refractivity contribution is 0.329. The highest BCUT2D eigenvalue weighted by Crippen LogP contribution is 2.24. The summed E-state index contributed by atoms with van der Waals surface area (Å²) in [5.74, 6) is 0.891. The van der Waals surface area contributed by atoms with Crippen molar-refractivity contribution in [2.24, 2.45) is 12.8 Å². The Labute approximate surface area is 89.4 Å². The van der Waals surface area contributed by atoms with Gasteiger partial charge in [-0.15, -0.1) is 0 Å². The maximum atomic E-state index is 5.49. The highest BCUT2D eigenvalue weighted by atomic mass is 16.5. The molecule has 0 spiro atoms. The summed E-state index contributed by atoms with van der Waals surface area (Å²) in [6, 6.07) is 6.13. The van der Waals surface area contributed by atoms with Gasteiger partial charge < -0.3 is 15.0 Å². The van der Waals surface area contributed by atoms with Crippen LogP contribution in [0.1, 0.15) is 5.56 Å². The topological polar surface area (TPSA) is 40.2 Å². The SMILES string of the molecule is Cc1cn(C)c2ccc(OCCN)cc12. The molecular formula is C12H16N2O. The van der Waals surface area contributed by atoms with Crippen LogP contribution in [0.3, 0.4) is 0 Å². The van der Waals surface area contributed by atoms with Gasteiger partial charge in [0.1, 0.15) is 12.4 Å². The molecule has 0 atom stereocenters. The molecule has 1 aromatic carbocycles. The second-order valence-electron chi connectivity index (χ2n) is 3.74. The molecular weight excluding hydrogens is 188 g/mol. The number of rotatable bonds is 3. The van der Waals surface area contributed by atoms with E-state index in [0.717, 1.165) is 5.75 Å². The highest BCUT2D eigenvalue weighted by Gasteiger charge is 2.03. The van der Waals surface area contributed by atoms with E-state index >= 15 is 0 Å². The zero-order valence-corrected chi connectivity index (χ0v) is 9.16. The van der Waals surface area contributed by atoms with Crippen LogP contribution < -0.4 is 10.5 Å². The van der Waals surface area contributed by atoms with Gasteiger partial charge in [0.05, 0.1) is 0 Å². The van der Waals surface area contributed by atoms with Crippen molar-refractivity contribution in [3.63, 3.8) is 0 Å². The average molecular weight is 204 g/mol. The predicted molar refractivity (Wildman–Crippen MR) is 62.2 cm³/mol. The molecule has 0 aliphatic rings. The summed E-state index contributed by atoms with van der Waals surface area (Å²) >= 11 is 0. The normalized spacial score (nSPS) is 10.9. The fourth-order valence-electron chi connectivity index (χ4n) is 1.83. The summed E-state index contributed by atoms with van der Waals surface area (Å²) in [7, 11) is 2.05. The van der Waals surface area contributed by atoms with E-state index in [1.165, 1.54) is 16.5 Å². The van der Waals surface area contributed by atoms with E-state index in [1.807, 2.05) is 6.07 Å². The van der Waals surface area contributed by atoms with Gasteiger partial charge in [-0.05, 0) is 30.7 Å². The Morgan fingerprint density at radius 3 is 2.93 bits per heavy atom. The monoisotopic (exact) mass is 204 g/mol. The number of ether oxygens (including phenoxy) is 1. The van der Waals surface area contributed by atoms with Gasteiger partial charge in [0.2, 0.25) is 0 Å². The molecule has 0 unspecified atom stereocenters. The first-order valence-corrected chi connectivity index (χ1v) is 5.11. The molecule has 0 saturated carbocycles. The van der Waals surface area contributed by atoms with Gasteiger partial charge in [-0.25, -0.2) is 0 Å². The first kappa shape index (κ1) is 10.1. The number of fused-ring (bicyclic) bond motifs is 1. The molecule has 2 rings (SSSR count). The van der Waals surface area contributed by atoms with Crippen LogP contribution in [-0.4, -0.2) is 17.7 Å². The number of hydrogen-bond donors (Lipinski definition) is 1. The molecule has 0 radical (unpaired) electrons. The van der Waals surface area contributed by atoms with Gasteiger partial charge in [-0.3, -0.25) is 0 Å². The first-order chi connectivity index (χ1) is 7.22. The largest absolute Gasteiger partial charge is 0.492 e. The standard InChI is InChI=1S/C12H16N2O/c1-9-8-14(2)12-4-3-10(7-11(9)12)15-6-5-13/h3-4,7-8H,5-6,13H2,1-2H3. The van der Waals surface area contributed by atoms with E-state index in [9.17, 15) is 0 Å². The molecule has 1 aromatic heterocycles. The summed E-state index contributed by atoms with van der Waals surface area (Å²) in [4.78, 5) is 0. The molecule has 0 aliphatic heterocycles. The lowest BCUT2D eigenvalue weighted by Crippen LogP contribution is -2.10. The molecule has 0 amide bonds. The Balaban J connectivity index is 2.41. The Morgan fingerprint density at radius 2 is 2.20 bits per heavy atom. The molecule has 2 aromatic rings. The van der Waals surface area contributed by atoms with E-state index < -0.39 is 0 Å². The van der Waals surface area contributed by atoms with Crippen LogP contribution in [0.5, 0.6) is 5.75 Å². The van der Waals surface area contributed by atoms with Gasteiger partial charge in [-0.2, -0.15) is 0 Å². The summed E-state index contributed by atoms with van der Waals surface area (Å²) in [6.07, 6.45) is 2.12. The second-order valence-corrected chi connectivity index (χ2v) is 3.74. The van der Waals surface area contributed by atoms with Crippen LogP contribution in [0.4, 0.5) is 0 Å². The molecule has 1 heterocycles. The van der Waals surface area contributed by atoms with Gasteiger partial charge in [0.25, 0.3) is 0 Å². The van der Waals surface area contributed by atoms with Crippen molar-refractivity contribution >= 4 is 10.9 Å². The zero-order valence-electron chi connectivity index (χ0n) is 9.16. The maximum Gasteiger partial charge on any atom is 0.120 e. The van der Waals surface area contributed by atoms with E-state index in [-0.39, 0.29) is 0 Å². The Kier molecular flexibility index (Phi) is 2.64. The van der Waals surface area contributed by atoms with Crippen LogP contribution in [0.25, 0.3) is 10.9 Å². The molecule has 3 heteroatoms. The summed E-state index contributed by atoms with van der Waals surface area (Å²) in [5.41, 5.74) is 7.89. The Morgan fingerprint density at radius 1 is 1.40 bits per heavy atom. The molecule has 15 heavy (non-hydrogen) atoms. The third-order valence-corrected chi connectivity index (χ3v) is 2.55. The molecule has 3 nitrogen and oxygen atoms in total. The third-order valence-electron chi connectivity index (χ3n) is 2.55. The van der Waals surface area contributed by atoms with Crippen molar-refractivity contribution in [3.05, 3.63) is 30.0 Å². The molecule has 0 fully saturated rings. The summed E-state index contributed by atoms with van der Waals surface area (Å²) < 4.78 is 7.62. The van der Waals surface area contributed by atoms with Gasteiger partial charge in [-0.1, -0.05) is 0 Å². The number of nitrogens with two attached hydrogens (primary N) is 1. The van der Waals surface area contributed by atoms with E-state index in [2.05, 4.69) is 36.9 Å². The fraction of sp³-hybridized carbons (Fsp3) is 0.333. The number of hydrogen-bond acceptors (Lipinski definition) is 2. The van der Waals surface area contributed by atoms with Crippen LogP contribution in [0.2, 0.25) is 0 Å². The van der Waals surface area contributed by atoms with E-state index in [0.29, 0.717) is 13.2 Å². The number of benzene rings is 1. The van der Waals surface area contributed by atoms with Gasteiger partial charge in [0.15, 0.2) is 0 Å². The minimum Gasteiger partial charge on any atom is -0.492 e. The lowest BCUT2D eigenvalue weighted by atomic mass is 10.2. The maximum absolute atomic E-state index is 5.49. The quantitative estimate of drug-likeness (QED) is 0.828. The van der Waals surface area contributed by atoms with Crippen molar-refractivity contribution < 1.29 is 4.74 Å². The van der Waals surface area contributed by atoms with Crippen molar-refractivity contribution in [2.75, 3.05) is 13.2 Å². The first-order valence-electron chi connectivity index (χ1n) is 5.11. The van der Waals surface area contributed by atoms with E-state index in [1.54, 1.807) is 0 Å². The van der Waals surface area contributed by atoms with Crippen LogP contribution in [0, 0.1) is 6.92 Å². The summed E-state index contributed by atoms with van der Waals surface area (Å²) in [6.45, 7) is 3.22. The number of aryl methyl sites for hydroxylation is 2. The smallest absolute Gasteiger partial charge is 0.120 e. The Hall–Kier alpha value is -1.48. The minimum atomic E-state index is 0.547. The van der Waals surface area contributed by atoms with Crippen LogP contribution in [0.15, 0.2) is 24.4 Å². The average Bonchev–Trinajstić information content (AvgIpc) is 2.52. The van der Waals surface area contributed by atoms with Crippen molar-refractivity contribution in [1.29, 1.82) is 0 Å². The molecule has 80 valence electrons. The van der Waals surface area contributed by atoms with Crippen molar-refractivity contribution in [3.8, 4) is 5.75 Å².